The SMILES string of the molecule is CC(C)c1noc(N2CCN(C(=O)c3ccc([N+](=O)[O-])s3)CC2)n1. The number of aromatic nitrogens is 2. The van der Waals surface area contributed by atoms with Gasteiger partial charge in [0.25, 0.3) is 5.91 Å². The average molecular weight is 351 g/mol. The Labute approximate surface area is 142 Å². The van der Waals surface area contributed by atoms with E-state index in [4.69, 9.17) is 4.52 Å². The third-order valence-electron chi connectivity index (χ3n) is 3.77. The first-order chi connectivity index (χ1) is 11.5. The zero-order valence-electron chi connectivity index (χ0n) is 13.3. The maximum Gasteiger partial charge on any atom is 0.324 e. The molecular weight excluding hydrogens is 334 g/mol. The van der Waals surface area contributed by atoms with E-state index in [0.717, 1.165) is 11.3 Å². The second-order valence-corrected chi connectivity index (χ2v) is 6.83. The van der Waals surface area contributed by atoms with Gasteiger partial charge in [0.05, 0.1) is 9.80 Å². The minimum Gasteiger partial charge on any atom is -0.334 e. The normalized spacial score (nSPS) is 15.1. The van der Waals surface area contributed by atoms with Crippen molar-refractivity contribution in [1.82, 2.24) is 15.0 Å². The molecule has 3 heterocycles. The molecule has 128 valence electrons. The third kappa shape index (κ3) is 3.23. The molecule has 2 aromatic rings. The summed E-state index contributed by atoms with van der Waals surface area (Å²) in [5, 5.41) is 14.6. The summed E-state index contributed by atoms with van der Waals surface area (Å²) in [6, 6.07) is 3.34. The highest BCUT2D eigenvalue weighted by atomic mass is 32.1. The lowest BCUT2D eigenvalue weighted by atomic mass is 10.2. The van der Waals surface area contributed by atoms with Crippen molar-refractivity contribution in [3.63, 3.8) is 0 Å². The predicted molar refractivity (Wildman–Crippen MR) is 87.5 cm³/mol. The van der Waals surface area contributed by atoms with Gasteiger partial charge in [0.15, 0.2) is 5.82 Å². The second kappa shape index (κ2) is 6.56. The minimum absolute atomic E-state index is 0.0240. The molecule has 0 spiro atoms. The third-order valence-corrected chi connectivity index (χ3v) is 4.79. The lowest BCUT2D eigenvalue weighted by Crippen LogP contribution is -2.48. The lowest BCUT2D eigenvalue weighted by molar-refractivity contribution is -0.380. The number of hydrogen-bond acceptors (Lipinski definition) is 8. The number of nitro groups is 1. The molecule has 0 radical (unpaired) electrons. The van der Waals surface area contributed by atoms with E-state index in [-0.39, 0.29) is 16.8 Å². The van der Waals surface area contributed by atoms with E-state index in [1.54, 1.807) is 4.90 Å². The smallest absolute Gasteiger partial charge is 0.324 e. The molecule has 1 saturated heterocycles. The van der Waals surface area contributed by atoms with Crippen molar-refractivity contribution < 1.29 is 14.2 Å². The Bertz CT molecular complexity index is 748. The Morgan fingerprint density at radius 3 is 2.58 bits per heavy atom. The van der Waals surface area contributed by atoms with Crippen LogP contribution in [0.4, 0.5) is 11.0 Å². The van der Waals surface area contributed by atoms with Crippen molar-refractivity contribution in [1.29, 1.82) is 0 Å². The van der Waals surface area contributed by atoms with Crippen LogP contribution in [0.3, 0.4) is 0 Å². The van der Waals surface area contributed by atoms with Crippen molar-refractivity contribution in [3.05, 3.63) is 32.9 Å². The van der Waals surface area contributed by atoms with Crippen molar-refractivity contribution >= 4 is 28.3 Å². The zero-order chi connectivity index (χ0) is 17.3. The maximum absolute atomic E-state index is 12.4. The average Bonchev–Trinajstić information content (AvgIpc) is 3.24. The van der Waals surface area contributed by atoms with Crippen LogP contribution in [-0.4, -0.2) is 52.1 Å². The van der Waals surface area contributed by atoms with Crippen molar-refractivity contribution in [2.45, 2.75) is 19.8 Å². The predicted octanol–water partition coefficient (Wildman–Crippen LogP) is 2.13. The molecule has 0 bridgehead atoms. The molecular formula is C14H17N5O4S. The highest BCUT2D eigenvalue weighted by molar-refractivity contribution is 7.17. The molecule has 1 amide bonds. The highest BCUT2D eigenvalue weighted by Gasteiger charge is 2.27. The number of nitrogens with zero attached hydrogens (tertiary/aromatic N) is 5. The Balaban J connectivity index is 1.61. The largest absolute Gasteiger partial charge is 0.334 e. The summed E-state index contributed by atoms with van der Waals surface area (Å²) in [7, 11) is 0. The Morgan fingerprint density at radius 1 is 1.33 bits per heavy atom. The molecule has 1 fully saturated rings. The summed E-state index contributed by atoms with van der Waals surface area (Å²) in [6.07, 6.45) is 0. The van der Waals surface area contributed by atoms with Crippen molar-refractivity contribution in [2.24, 2.45) is 0 Å². The van der Waals surface area contributed by atoms with E-state index in [1.165, 1.54) is 12.1 Å². The van der Waals surface area contributed by atoms with Gasteiger partial charge in [0.1, 0.15) is 0 Å². The van der Waals surface area contributed by atoms with Gasteiger partial charge in [-0.15, -0.1) is 0 Å². The number of amides is 1. The summed E-state index contributed by atoms with van der Waals surface area (Å²) in [6.45, 7) is 6.16. The van der Waals surface area contributed by atoms with E-state index >= 15 is 0 Å². The minimum atomic E-state index is -0.485. The molecule has 0 unspecified atom stereocenters. The molecule has 2 aromatic heterocycles. The molecule has 0 N–H and O–H groups in total. The van der Waals surface area contributed by atoms with E-state index in [2.05, 4.69) is 10.1 Å². The van der Waals surface area contributed by atoms with Crippen LogP contribution >= 0.6 is 11.3 Å². The number of hydrogen-bond donors (Lipinski definition) is 0. The molecule has 3 rings (SSSR count). The summed E-state index contributed by atoms with van der Waals surface area (Å²) >= 11 is 0.902. The summed E-state index contributed by atoms with van der Waals surface area (Å²) < 4.78 is 5.26. The summed E-state index contributed by atoms with van der Waals surface area (Å²) in [5.74, 6) is 0.676. The van der Waals surface area contributed by atoms with Crippen LogP contribution in [0.25, 0.3) is 0 Å². The first kappa shape index (κ1) is 16.4. The van der Waals surface area contributed by atoms with Gasteiger partial charge in [-0.05, 0) is 6.07 Å². The molecule has 9 nitrogen and oxygen atoms in total. The fraction of sp³-hybridized carbons (Fsp3) is 0.500. The van der Waals surface area contributed by atoms with Crippen LogP contribution in [0.1, 0.15) is 35.3 Å². The number of piperazine rings is 1. The molecule has 0 saturated carbocycles. The number of carbonyl (C=O) groups excluding carboxylic acids is 1. The van der Waals surface area contributed by atoms with Crippen molar-refractivity contribution in [3.8, 4) is 0 Å². The van der Waals surface area contributed by atoms with Crippen molar-refractivity contribution in [2.75, 3.05) is 31.1 Å². The fourth-order valence-electron chi connectivity index (χ4n) is 2.39. The van der Waals surface area contributed by atoms with E-state index < -0.39 is 4.92 Å². The number of rotatable bonds is 4. The molecule has 10 heteroatoms. The van der Waals surface area contributed by atoms with Gasteiger partial charge >= 0.3 is 11.0 Å². The lowest BCUT2D eigenvalue weighted by Gasteiger charge is -2.33. The standard InChI is InChI=1S/C14H17N5O4S/c1-9(2)12-15-14(23-16-12)18-7-5-17(6-8-18)13(20)10-3-4-11(24-10)19(21)22/h3-4,9H,5-8H2,1-2H3. The summed E-state index contributed by atoms with van der Waals surface area (Å²) in [4.78, 5) is 31.0. The first-order valence-corrected chi connectivity index (χ1v) is 8.39. The number of thiophene rings is 1. The molecule has 0 aliphatic carbocycles. The fourth-order valence-corrected chi connectivity index (χ4v) is 3.18. The van der Waals surface area contributed by atoms with Crippen LogP contribution < -0.4 is 4.90 Å². The Morgan fingerprint density at radius 2 is 2.04 bits per heavy atom. The maximum atomic E-state index is 12.4. The second-order valence-electron chi connectivity index (χ2n) is 5.76. The molecule has 0 aromatic carbocycles. The van der Waals surface area contributed by atoms with Crippen LogP contribution in [0.2, 0.25) is 0 Å². The van der Waals surface area contributed by atoms with Gasteiger partial charge in [-0.1, -0.05) is 30.3 Å². The first-order valence-electron chi connectivity index (χ1n) is 7.57. The Kier molecular flexibility index (Phi) is 4.47. The van der Waals surface area contributed by atoms with Gasteiger partial charge in [-0.2, -0.15) is 4.98 Å². The van der Waals surface area contributed by atoms with E-state index in [1.807, 2.05) is 18.7 Å². The van der Waals surface area contributed by atoms with Gasteiger partial charge < -0.3 is 14.3 Å². The van der Waals surface area contributed by atoms with E-state index in [9.17, 15) is 14.9 Å². The molecule has 0 atom stereocenters. The molecule has 1 aliphatic rings. The van der Waals surface area contributed by atoms with Crippen LogP contribution in [-0.2, 0) is 0 Å². The molecule has 24 heavy (non-hydrogen) atoms. The molecule has 1 aliphatic heterocycles. The van der Waals surface area contributed by atoms with Crippen LogP contribution in [0, 0.1) is 10.1 Å². The zero-order valence-corrected chi connectivity index (χ0v) is 14.2. The quantitative estimate of drug-likeness (QED) is 0.613. The summed E-state index contributed by atoms with van der Waals surface area (Å²) in [5.41, 5.74) is 0. The highest BCUT2D eigenvalue weighted by Crippen LogP contribution is 2.26. The van der Waals surface area contributed by atoms with E-state index in [0.29, 0.717) is 42.9 Å². The van der Waals surface area contributed by atoms with Gasteiger partial charge in [0.2, 0.25) is 0 Å². The monoisotopic (exact) mass is 351 g/mol. The van der Waals surface area contributed by atoms with Crippen LogP contribution in [0.15, 0.2) is 16.7 Å². The topological polar surface area (TPSA) is 106 Å². The van der Waals surface area contributed by atoms with Gasteiger partial charge in [-0.3, -0.25) is 14.9 Å². The van der Waals surface area contributed by atoms with Gasteiger partial charge in [-0.25, -0.2) is 0 Å². The number of anilines is 1. The van der Waals surface area contributed by atoms with Gasteiger partial charge in [0, 0.05) is 38.2 Å². The van der Waals surface area contributed by atoms with Crippen LogP contribution in [0.5, 0.6) is 0 Å². The Hall–Kier alpha value is -2.49. The number of carbonyl (C=O) groups is 1.